The van der Waals surface area contributed by atoms with Crippen LogP contribution in [0.25, 0.3) is 0 Å². The highest BCUT2D eigenvalue weighted by molar-refractivity contribution is 5.81. The molecule has 0 radical (unpaired) electrons. The molecule has 0 atom stereocenters. The summed E-state index contributed by atoms with van der Waals surface area (Å²) in [6.07, 6.45) is 1.22. The second-order valence-corrected chi connectivity index (χ2v) is 5.69. The summed E-state index contributed by atoms with van der Waals surface area (Å²) < 4.78 is 11.5. The summed E-state index contributed by atoms with van der Waals surface area (Å²) in [6, 6.07) is 0. The Balaban J connectivity index is 2.14. The molecule has 0 saturated heterocycles. The van der Waals surface area contributed by atoms with Gasteiger partial charge in [-0.1, -0.05) is 0 Å². The topological polar surface area (TPSA) is 34.1 Å². The van der Waals surface area contributed by atoms with Crippen LogP contribution in [0.2, 0.25) is 0 Å². The van der Waals surface area contributed by atoms with E-state index in [0.717, 1.165) is 45.1 Å². The Labute approximate surface area is 111 Å². The van der Waals surface area contributed by atoms with Crippen LogP contribution in [0, 0.1) is 0 Å². The third-order valence-corrected chi connectivity index (χ3v) is 3.18. The number of hydrogen-bond acceptors (Lipinski definition) is 4. The van der Waals surface area contributed by atoms with Gasteiger partial charge in [0.15, 0.2) is 0 Å². The summed E-state index contributed by atoms with van der Waals surface area (Å²) in [6.45, 7) is 14.8. The molecule has 0 aliphatic carbocycles. The van der Waals surface area contributed by atoms with Gasteiger partial charge in [-0.2, -0.15) is 0 Å². The Morgan fingerprint density at radius 2 is 2.06 bits per heavy atom. The summed E-state index contributed by atoms with van der Waals surface area (Å²) in [4.78, 5) is 6.65. The average Bonchev–Trinajstić information content (AvgIpc) is 2.63. The minimum absolute atomic E-state index is 0.111. The quantitative estimate of drug-likeness (QED) is 0.668. The van der Waals surface area contributed by atoms with Gasteiger partial charge in [-0.3, -0.25) is 4.99 Å². The monoisotopic (exact) mass is 256 g/mol. The fourth-order valence-electron chi connectivity index (χ4n) is 1.91. The van der Waals surface area contributed by atoms with Crippen molar-refractivity contribution in [3.63, 3.8) is 0 Å². The molecule has 18 heavy (non-hydrogen) atoms. The van der Waals surface area contributed by atoms with Gasteiger partial charge in [0.1, 0.15) is 0 Å². The summed E-state index contributed by atoms with van der Waals surface area (Å²) in [7, 11) is 0. The standard InChI is InChI=1S/C14H28N2O2/c1-12(2)17-10-6-14(4,5)18-11-9-16-8-7-15-13(16)3/h12H,6-11H2,1-5H3. The number of aliphatic imine (C=N–C) groups is 1. The van der Waals surface area contributed by atoms with E-state index in [9.17, 15) is 0 Å². The highest BCUT2D eigenvalue weighted by Crippen LogP contribution is 2.15. The Hall–Kier alpha value is -0.610. The van der Waals surface area contributed by atoms with Crippen molar-refractivity contribution in [1.82, 2.24) is 4.90 Å². The highest BCUT2D eigenvalue weighted by atomic mass is 16.5. The van der Waals surface area contributed by atoms with Crippen LogP contribution in [0.15, 0.2) is 4.99 Å². The zero-order valence-electron chi connectivity index (χ0n) is 12.5. The molecule has 0 amide bonds. The van der Waals surface area contributed by atoms with E-state index in [1.165, 1.54) is 0 Å². The summed E-state index contributed by atoms with van der Waals surface area (Å²) in [5.41, 5.74) is -0.111. The third kappa shape index (κ3) is 5.83. The molecule has 0 N–H and O–H groups in total. The molecule has 0 aromatic rings. The molecule has 0 unspecified atom stereocenters. The summed E-state index contributed by atoms with van der Waals surface area (Å²) in [5.74, 6) is 1.14. The fourth-order valence-corrected chi connectivity index (χ4v) is 1.91. The zero-order chi connectivity index (χ0) is 13.6. The van der Waals surface area contributed by atoms with E-state index in [2.05, 4.69) is 44.5 Å². The van der Waals surface area contributed by atoms with E-state index in [1.54, 1.807) is 0 Å². The van der Waals surface area contributed by atoms with E-state index < -0.39 is 0 Å². The number of amidine groups is 1. The molecule has 0 fully saturated rings. The van der Waals surface area contributed by atoms with E-state index in [-0.39, 0.29) is 5.60 Å². The normalized spacial score (nSPS) is 16.6. The van der Waals surface area contributed by atoms with E-state index in [0.29, 0.717) is 6.10 Å². The maximum atomic E-state index is 5.94. The molecule has 1 aliphatic heterocycles. The fraction of sp³-hybridized carbons (Fsp3) is 0.929. The van der Waals surface area contributed by atoms with Gasteiger partial charge in [0.2, 0.25) is 0 Å². The first-order valence-corrected chi connectivity index (χ1v) is 6.92. The molecule has 0 aromatic heterocycles. The lowest BCUT2D eigenvalue weighted by molar-refractivity contribution is -0.0493. The van der Waals surface area contributed by atoms with Gasteiger partial charge in [0, 0.05) is 19.7 Å². The SMILES string of the molecule is CC1=NCCN1CCOC(C)(C)CCOC(C)C. The number of ether oxygens (including phenoxy) is 2. The number of hydrogen-bond donors (Lipinski definition) is 0. The van der Waals surface area contributed by atoms with Gasteiger partial charge >= 0.3 is 0 Å². The lowest BCUT2D eigenvalue weighted by Crippen LogP contribution is -2.34. The molecule has 0 saturated carbocycles. The third-order valence-electron chi connectivity index (χ3n) is 3.18. The number of rotatable bonds is 8. The van der Waals surface area contributed by atoms with Gasteiger partial charge in [0.05, 0.1) is 30.7 Å². The van der Waals surface area contributed by atoms with Crippen molar-refractivity contribution in [2.45, 2.75) is 52.7 Å². The van der Waals surface area contributed by atoms with Gasteiger partial charge in [0.25, 0.3) is 0 Å². The van der Waals surface area contributed by atoms with Gasteiger partial charge < -0.3 is 14.4 Å². The van der Waals surface area contributed by atoms with Crippen LogP contribution >= 0.6 is 0 Å². The molecule has 0 spiro atoms. The van der Waals surface area contributed by atoms with Crippen LogP contribution < -0.4 is 0 Å². The predicted octanol–water partition coefficient (Wildman–Crippen LogP) is 2.33. The molecule has 4 heteroatoms. The molecule has 1 heterocycles. The van der Waals surface area contributed by atoms with Crippen LogP contribution in [-0.2, 0) is 9.47 Å². The zero-order valence-corrected chi connectivity index (χ0v) is 12.5. The van der Waals surface area contributed by atoms with E-state index in [4.69, 9.17) is 9.47 Å². The average molecular weight is 256 g/mol. The first-order valence-electron chi connectivity index (χ1n) is 6.92. The van der Waals surface area contributed by atoms with Crippen molar-refractivity contribution in [3.05, 3.63) is 0 Å². The van der Waals surface area contributed by atoms with E-state index >= 15 is 0 Å². The molecule has 0 aromatic carbocycles. The highest BCUT2D eigenvalue weighted by Gasteiger charge is 2.19. The Morgan fingerprint density at radius 1 is 1.33 bits per heavy atom. The Morgan fingerprint density at radius 3 is 2.61 bits per heavy atom. The molecule has 1 aliphatic rings. The van der Waals surface area contributed by atoms with Gasteiger partial charge in [-0.25, -0.2) is 0 Å². The first kappa shape index (κ1) is 15.4. The summed E-state index contributed by atoms with van der Waals surface area (Å²) >= 11 is 0. The lowest BCUT2D eigenvalue weighted by Gasteiger charge is -2.27. The van der Waals surface area contributed by atoms with Crippen LogP contribution in [-0.4, -0.2) is 55.3 Å². The Bertz CT molecular complexity index is 275. The lowest BCUT2D eigenvalue weighted by atomic mass is 10.1. The molecular weight excluding hydrogens is 228 g/mol. The minimum Gasteiger partial charge on any atom is -0.379 e. The van der Waals surface area contributed by atoms with Crippen LogP contribution in [0.4, 0.5) is 0 Å². The molecule has 106 valence electrons. The molecular formula is C14H28N2O2. The first-order chi connectivity index (χ1) is 8.41. The second-order valence-electron chi connectivity index (χ2n) is 5.69. The molecule has 1 rings (SSSR count). The van der Waals surface area contributed by atoms with Crippen molar-refractivity contribution in [3.8, 4) is 0 Å². The summed E-state index contributed by atoms with van der Waals surface area (Å²) in [5, 5.41) is 0. The smallest absolute Gasteiger partial charge is 0.0959 e. The van der Waals surface area contributed by atoms with Crippen molar-refractivity contribution < 1.29 is 9.47 Å². The maximum Gasteiger partial charge on any atom is 0.0959 e. The minimum atomic E-state index is -0.111. The maximum absolute atomic E-state index is 5.94. The van der Waals surface area contributed by atoms with Crippen molar-refractivity contribution >= 4 is 5.84 Å². The van der Waals surface area contributed by atoms with Gasteiger partial charge in [-0.05, 0) is 41.0 Å². The van der Waals surface area contributed by atoms with Crippen molar-refractivity contribution in [2.24, 2.45) is 4.99 Å². The Kier molecular flexibility index (Phi) is 6.09. The second kappa shape index (κ2) is 7.10. The van der Waals surface area contributed by atoms with Crippen molar-refractivity contribution in [1.29, 1.82) is 0 Å². The largest absolute Gasteiger partial charge is 0.379 e. The van der Waals surface area contributed by atoms with Crippen molar-refractivity contribution in [2.75, 3.05) is 32.8 Å². The molecule has 4 nitrogen and oxygen atoms in total. The van der Waals surface area contributed by atoms with Gasteiger partial charge in [-0.15, -0.1) is 0 Å². The predicted molar refractivity (Wildman–Crippen MR) is 75.3 cm³/mol. The molecule has 0 bridgehead atoms. The number of nitrogens with zero attached hydrogens (tertiary/aromatic N) is 2. The van der Waals surface area contributed by atoms with E-state index in [1.807, 2.05) is 0 Å². The van der Waals surface area contributed by atoms with Crippen LogP contribution in [0.1, 0.15) is 41.0 Å². The van der Waals surface area contributed by atoms with Crippen LogP contribution in [0.5, 0.6) is 0 Å². The van der Waals surface area contributed by atoms with Crippen LogP contribution in [0.3, 0.4) is 0 Å².